The number of carbonyl (C=O) groups is 2. The molecule has 0 aliphatic carbocycles. The number of nitrogens with zero attached hydrogens (tertiary/aromatic N) is 2. The summed E-state index contributed by atoms with van der Waals surface area (Å²) in [6.45, 7) is 0. The van der Waals surface area contributed by atoms with Gasteiger partial charge in [-0.3, -0.25) is 0 Å². The Labute approximate surface area is 102 Å². The van der Waals surface area contributed by atoms with E-state index in [-0.39, 0.29) is 35.1 Å². The third-order valence-corrected chi connectivity index (χ3v) is 2.40. The van der Waals surface area contributed by atoms with Crippen LogP contribution >= 0.6 is 0 Å². The maximum Gasteiger partial charge on any atom is 0.336 e. The standard InChI is InChI=1S/C12H8N2O4/c13-5-3-7-8(4-6-14)10(12(17)18)2-1-9(7)11(15)16/h1-2H,3-4H2,(H,15,16)(H,17,18). The summed E-state index contributed by atoms with van der Waals surface area (Å²) >= 11 is 0. The number of carboxylic acids is 2. The fourth-order valence-electron chi connectivity index (χ4n) is 1.66. The van der Waals surface area contributed by atoms with Crippen LogP contribution in [0.3, 0.4) is 0 Å². The van der Waals surface area contributed by atoms with Crippen LogP contribution in [0.1, 0.15) is 31.8 Å². The first-order valence-corrected chi connectivity index (χ1v) is 4.88. The molecule has 1 aromatic rings. The molecule has 0 aromatic heterocycles. The molecule has 1 rings (SSSR count). The maximum absolute atomic E-state index is 11.0. The first kappa shape index (κ1) is 13.2. The molecular formula is C12H8N2O4. The molecule has 6 nitrogen and oxygen atoms in total. The first-order chi connectivity index (χ1) is 8.52. The van der Waals surface area contributed by atoms with E-state index >= 15 is 0 Å². The van der Waals surface area contributed by atoms with Gasteiger partial charge in [-0.2, -0.15) is 10.5 Å². The van der Waals surface area contributed by atoms with E-state index in [1.54, 1.807) is 12.1 Å². The van der Waals surface area contributed by atoms with Crippen LogP contribution in [0.25, 0.3) is 0 Å². The van der Waals surface area contributed by atoms with Crippen LogP contribution in [0, 0.1) is 22.7 Å². The number of benzene rings is 1. The number of carboxylic acid groups (broad SMARTS) is 2. The number of hydrogen-bond donors (Lipinski definition) is 2. The van der Waals surface area contributed by atoms with Crippen LogP contribution in [0.15, 0.2) is 12.1 Å². The Bertz CT molecular complexity index is 540. The van der Waals surface area contributed by atoms with Crippen molar-refractivity contribution >= 4 is 11.9 Å². The van der Waals surface area contributed by atoms with Gasteiger partial charge in [0.15, 0.2) is 0 Å². The van der Waals surface area contributed by atoms with E-state index < -0.39 is 11.9 Å². The van der Waals surface area contributed by atoms with Gasteiger partial charge in [0.25, 0.3) is 0 Å². The normalized spacial score (nSPS) is 9.22. The minimum absolute atomic E-state index is 0.0893. The van der Waals surface area contributed by atoms with E-state index in [9.17, 15) is 9.59 Å². The third kappa shape index (κ3) is 2.45. The summed E-state index contributed by atoms with van der Waals surface area (Å²) in [6.07, 6.45) is -0.500. The summed E-state index contributed by atoms with van der Waals surface area (Å²) in [5.74, 6) is -2.51. The van der Waals surface area contributed by atoms with Gasteiger partial charge >= 0.3 is 11.9 Å². The second-order valence-corrected chi connectivity index (χ2v) is 3.40. The molecule has 0 saturated carbocycles. The highest BCUT2D eigenvalue weighted by molar-refractivity contribution is 5.95. The van der Waals surface area contributed by atoms with Gasteiger partial charge in [-0.25, -0.2) is 9.59 Å². The molecule has 0 aliphatic heterocycles. The van der Waals surface area contributed by atoms with Gasteiger partial charge in [0.05, 0.1) is 36.1 Å². The highest BCUT2D eigenvalue weighted by Gasteiger charge is 2.20. The zero-order valence-electron chi connectivity index (χ0n) is 9.17. The van der Waals surface area contributed by atoms with Crippen molar-refractivity contribution in [2.45, 2.75) is 12.8 Å². The molecule has 0 saturated heterocycles. The quantitative estimate of drug-likeness (QED) is 0.820. The Morgan fingerprint density at radius 3 is 1.50 bits per heavy atom. The van der Waals surface area contributed by atoms with Gasteiger partial charge in [-0.05, 0) is 23.3 Å². The Morgan fingerprint density at radius 1 is 0.944 bits per heavy atom. The van der Waals surface area contributed by atoms with E-state index in [0.29, 0.717) is 0 Å². The Hall–Kier alpha value is -2.86. The molecule has 0 amide bonds. The molecule has 0 radical (unpaired) electrons. The summed E-state index contributed by atoms with van der Waals surface area (Å²) < 4.78 is 0. The monoisotopic (exact) mass is 244 g/mol. The van der Waals surface area contributed by atoms with Gasteiger partial charge in [0.2, 0.25) is 0 Å². The van der Waals surface area contributed by atoms with E-state index in [4.69, 9.17) is 20.7 Å². The number of hydrogen-bond acceptors (Lipinski definition) is 4. The topological polar surface area (TPSA) is 122 Å². The van der Waals surface area contributed by atoms with Crippen LogP contribution in [0.4, 0.5) is 0 Å². The summed E-state index contributed by atoms with van der Waals surface area (Å²) in [7, 11) is 0. The fourth-order valence-corrected chi connectivity index (χ4v) is 1.66. The van der Waals surface area contributed by atoms with Crippen LogP contribution in [-0.2, 0) is 12.8 Å². The zero-order chi connectivity index (χ0) is 13.7. The molecule has 0 atom stereocenters. The largest absolute Gasteiger partial charge is 0.478 e. The molecule has 0 aliphatic rings. The van der Waals surface area contributed by atoms with Gasteiger partial charge in [0.1, 0.15) is 0 Å². The maximum atomic E-state index is 11.0. The van der Waals surface area contributed by atoms with Gasteiger partial charge in [-0.15, -0.1) is 0 Å². The highest BCUT2D eigenvalue weighted by atomic mass is 16.4. The molecule has 6 heteroatoms. The molecule has 0 bridgehead atoms. The highest BCUT2D eigenvalue weighted by Crippen LogP contribution is 2.21. The molecule has 18 heavy (non-hydrogen) atoms. The predicted octanol–water partition coefficient (Wildman–Crippen LogP) is 1.22. The lowest BCUT2D eigenvalue weighted by Crippen LogP contribution is -2.11. The molecule has 1 aromatic carbocycles. The van der Waals surface area contributed by atoms with Crippen LogP contribution in [-0.4, -0.2) is 22.2 Å². The van der Waals surface area contributed by atoms with Crippen molar-refractivity contribution in [1.29, 1.82) is 10.5 Å². The van der Waals surface area contributed by atoms with Crippen molar-refractivity contribution in [3.63, 3.8) is 0 Å². The average Bonchev–Trinajstić information content (AvgIpc) is 2.30. The molecule has 0 fully saturated rings. The summed E-state index contributed by atoms with van der Waals surface area (Å²) in [5.41, 5.74) is -0.114. The second kappa shape index (κ2) is 5.46. The lowest BCUT2D eigenvalue weighted by molar-refractivity contribution is 0.0679. The van der Waals surface area contributed by atoms with Crippen molar-refractivity contribution in [2.24, 2.45) is 0 Å². The number of aromatic carboxylic acids is 2. The van der Waals surface area contributed by atoms with E-state index in [1.807, 2.05) is 0 Å². The molecule has 0 heterocycles. The van der Waals surface area contributed by atoms with Crippen LogP contribution in [0.2, 0.25) is 0 Å². The van der Waals surface area contributed by atoms with Crippen molar-refractivity contribution in [1.82, 2.24) is 0 Å². The number of nitriles is 2. The van der Waals surface area contributed by atoms with Crippen molar-refractivity contribution < 1.29 is 19.8 Å². The Balaban J connectivity index is 3.60. The second-order valence-electron chi connectivity index (χ2n) is 3.40. The van der Waals surface area contributed by atoms with Gasteiger partial charge in [0, 0.05) is 0 Å². The zero-order valence-corrected chi connectivity index (χ0v) is 9.17. The van der Waals surface area contributed by atoms with Crippen molar-refractivity contribution in [3.8, 4) is 12.1 Å². The van der Waals surface area contributed by atoms with E-state index in [1.165, 1.54) is 0 Å². The third-order valence-electron chi connectivity index (χ3n) is 2.40. The molecule has 0 unspecified atom stereocenters. The van der Waals surface area contributed by atoms with Crippen molar-refractivity contribution in [2.75, 3.05) is 0 Å². The van der Waals surface area contributed by atoms with Crippen LogP contribution in [0.5, 0.6) is 0 Å². The average molecular weight is 244 g/mol. The van der Waals surface area contributed by atoms with Crippen molar-refractivity contribution in [3.05, 3.63) is 34.4 Å². The molecule has 90 valence electrons. The SMILES string of the molecule is N#CCc1c(C(=O)O)ccc(C(=O)O)c1CC#N. The minimum atomic E-state index is -1.25. The van der Waals surface area contributed by atoms with E-state index in [0.717, 1.165) is 12.1 Å². The predicted molar refractivity (Wildman–Crippen MR) is 59.0 cm³/mol. The summed E-state index contributed by atoms with van der Waals surface area (Å²) in [4.78, 5) is 22.0. The van der Waals surface area contributed by atoms with Gasteiger partial charge < -0.3 is 10.2 Å². The molecule has 0 spiro atoms. The lowest BCUT2D eigenvalue weighted by Gasteiger charge is -2.10. The lowest BCUT2D eigenvalue weighted by atomic mass is 9.92. The minimum Gasteiger partial charge on any atom is -0.478 e. The molecule has 2 N–H and O–H groups in total. The fraction of sp³-hybridized carbons (Fsp3) is 0.167. The Morgan fingerprint density at radius 2 is 1.28 bits per heavy atom. The molecular weight excluding hydrogens is 236 g/mol. The Kier molecular flexibility index (Phi) is 4.01. The number of rotatable bonds is 4. The van der Waals surface area contributed by atoms with Crippen LogP contribution < -0.4 is 0 Å². The first-order valence-electron chi connectivity index (χ1n) is 4.88. The summed E-state index contributed by atoms with van der Waals surface area (Å²) in [5, 5.41) is 35.3. The van der Waals surface area contributed by atoms with Gasteiger partial charge in [-0.1, -0.05) is 0 Å². The smallest absolute Gasteiger partial charge is 0.336 e. The van der Waals surface area contributed by atoms with E-state index in [2.05, 4.69) is 0 Å². The summed E-state index contributed by atoms with van der Waals surface area (Å²) in [6, 6.07) is 5.83.